The molecule has 1 aliphatic heterocycles. The first kappa shape index (κ1) is 16.2. The minimum absolute atomic E-state index is 0.107. The zero-order chi connectivity index (χ0) is 15.4. The molecule has 1 fully saturated rings. The average Bonchev–Trinajstić information content (AvgIpc) is 2.47. The quantitative estimate of drug-likeness (QED) is 0.904. The Balaban J connectivity index is 2.39. The molecule has 0 saturated carbocycles. The van der Waals surface area contributed by atoms with Crippen LogP contribution in [0.2, 0.25) is 0 Å². The fourth-order valence-electron chi connectivity index (χ4n) is 2.90. The van der Waals surface area contributed by atoms with Gasteiger partial charge in [-0.25, -0.2) is 8.78 Å². The van der Waals surface area contributed by atoms with Gasteiger partial charge in [0.2, 0.25) is 0 Å². The number of rotatable bonds is 5. The largest absolute Gasteiger partial charge is 0.494 e. The van der Waals surface area contributed by atoms with Crippen LogP contribution in [0.15, 0.2) is 12.1 Å². The van der Waals surface area contributed by atoms with Gasteiger partial charge in [-0.3, -0.25) is 4.90 Å². The molecule has 5 heteroatoms. The van der Waals surface area contributed by atoms with Crippen molar-refractivity contribution in [3.8, 4) is 5.75 Å². The molecule has 0 bridgehead atoms. The summed E-state index contributed by atoms with van der Waals surface area (Å²) in [5, 5.41) is 3.27. The number of piperazine rings is 1. The fraction of sp³-hybridized carbons (Fsp3) is 0.625. The van der Waals surface area contributed by atoms with E-state index in [-0.39, 0.29) is 17.4 Å². The van der Waals surface area contributed by atoms with Crippen molar-refractivity contribution >= 4 is 0 Å². The Morgan fingerprint density at radius 3 is 2.48 bits per heavy atom. The highest BCUT2D eigenvalue weighted by atomic mass is 19.1. The lowest BCUT2D eigenvalue weighted by atomic mass is 9.94. The molecule has 21 heavy (non-hydrogen) atoms. The lowest BCUT2D eigenvalue weighted by Crippen LogP contribution is -2.45. The van der Waals surface area contributed by atoms with Crippen LogP contribution in [0.25, 0.3) is 0 Å². The second kappa shape index (κ2) is 7.18. The second-order valence-electron chi connectivity index (χ2n) is 5.91. The van der Waals surface area contributed by atoms with Crippen molar-refractivity contribution in [3.63, 3.8) is 0 Å². The zero-order valence-corrected chi connectivity index (χ0v) is 13.0. The molecule has 3 nitrogen and oxygen atoms in total. The van der Waals surface area contributed by atoms with E-state index in [1.807, 2.05) is 0 Å². The fourth-order valence-corrected chi connectivity index (χ4v) is 2.90. The molecule has 0 radical (unpaired) electrons. The zero-order valence-electron chi connectivity index (χ0n) is 13.0. The molecule has 1 N–H and O–H groups in total. The van der Waals surface area contributed by atoms with Crippen LogP contribution in [-0.4, -0.2) is 38.2 Å². The Hall–Kier alpha value is -1.20. The molecule has 0 unspecified atom stereocenters. The van der Waals surface area contributed by atoms with E-state index in [9.17, 15) is 8.78 Å². The average molecular weight is 298 g/mol. The highest BCUT2D eigenvalue weighted by Crippen LogP contribution is 2.35. The first-order valence-electron chi connectivity index (χ1n) is 7.51. The molecule has 0 spiro atoms. The third kappa shape index (κ3) is 3.71. The van der Waals surface area contributed by atoms with Crippen LogP contribution in [0.1, 0.15) is 31.9 Å². The first-order chi connectivity index (χ1) is 10.0. The molecule has 2 rings (SSSR count). The van der Waals surface area contributed by atoms with Crippen molar-refractivity contribution in [2.45, 2.75) is 26.3 Å². The molecular weight excluding hydrogens is 274 g/mol. The highest BCUT2D eigenvalue weighted by molar-refractivity contribution is 5.34. The van der Waals surface area contributed by atoms with Crippen LogP contribution in [0.5, 0.6) is 5.75 Å². The molecule has 1 aliphatic rings. The molecule has 1 heterocycles. The van der Waals surface area contributed by atoms with Crippen LogP contribution in [0.3, 0.4) is 0 Å². The number of halogens is 2. The Morgan fingerprint density at radius 2 is 1.90 bits per heavy atom. The van der Waals surface area contributed by atoms with Crippen LogP contribution in [0, 0.1) is 17.6 Å². The van der Waals surface area contributed by atoms with Gasteiger partial charge in [0.25, 0.3) is 0 Å². The van der Waals surface area contributed by atoms with E-state index < -0.39 is 11.6 Å². The first-order valence-corrected chi connectivity index (χ1v) is 7.51. The van der Waals surface area contributed by atoms with Crippen molar-refractivity contribution in [1.82, 2.24) is 10.2 Å². The maximum absolute atomic E-state index is 14.6. The Bertz CT molecular complexity index is 474. The van der Waals surface area contributed by atoms with E-state index >= 15 is 0 Å². The highest BCUT2D eigenvalue weighted by Gasteiger charge is 2.29. The normalized spacial score (nSPS) is 18.0. The number of hydrogen-bond donors (Lipinski definition) is 1. The van der Waals surface area contributed by atoms with Gasteiger partial charge in [-0.15, -0.1) is 0 Å². The number of nitrogens with one attached hydrogen (secondary N) is 1. The Kier molecular flexibility index (Phi) is 5.53. The molecule has 1 aromatic rings. The molecule has 118 valence electrons. The Labute approximate surface area is 125 Å². The summed E-state index contributed by atoms with van der Waals surface area (Å²) in [5.74, 6) is -0.593. The van der Waals surface area contributed by atoms with Crippen LogP contribution >= 0.6 is 0 Å². The number of ether oxygens (including phenoxy) is 1. The Morgan fingerprint density at radius 1 is 1.24 bits per heavy atom. The lowest BCUT2D eigenvalue weighted by Gasteiger charge is -2.36. The van der Waals surface area contributed by atoms with Crippen LogP contribution in [0.4, 0.5) is 8.78 Å². The summed E-state index contributed by atoms with van der Waals surface area (Å²) in [6.45, 7) is 7.45. The van der Waals surface area contributed by atoms with Crippen molar-refractivity contribution in [2.75, 3.05) is 33.3 Å². The number of nitrogens with zero attached hydrogens (tertiary/aromatic N) is 1. The summed E-state index contributed by atoms with van der Waals surface area (Å²) in [6.07, 6.45) is 0.723. The third-order valence-corrected chi connectivity index (χ3v) is 3.93. The summed E-state index contributed by atoms with van der Waals surface area (Å²) < 4.78 is 33.9. The molecule has 1 atom stereocenters. The van der Waals surface area contributed by atoms with Gasteiger partial charge in [-0.2, -0.15) is 0 Å². The third-order valence-electron chi connectivity index (χ3n) is 3.93. The molecule has 1 saturated heterocycles. The molecule has 1 aromatic carbocycles. The van der Waals surface area contributed by atoms with Gasteiger partial charge in [0.05, 0.1) is 7.11 Å². The van der Waals surface area contributed by atoms with Gasteiger partial charge in [-0.05, 0) is 24.5 Å². The number of methoxy groups -OCH3 is 1. The maximum atomic E-state index is 14.6. The summed E-state index contributed by atoms with van der Waals surface area (Å²) in [7, 11) is 1.41. The lowest BCUT2D eigenvalue weighted by molar-refractivity contribution is 0.147. The minimum Gasteiger partial charge on any atom is -0.494 e. The smallest absolute Gasteiger partial charge is 0.172 e. The minimum atomic E-state index is -0.568. The van der Waals surface area contributed by atoms with E-state index in [2.05, 4.69) is 24.1 Å². The van der Waals surface area contributed by atoms with Gasteiger partial charge < -0.3 is 10.1 Å². The van der Waals surface area contributed by atoms with E-state index in [1.54, 1.807) is 0 Å². The van der Waals surface area contributed by atoms with Crippen molar-refractivity contribution in [2.24, 2.45) is 5.92 Å². The maximum Gasteiger partial charge on any atom is 0.172 e. The number of benzene rings is 1. The summed E-state index contributed by atoms with van der Waals surface area (Å²) in [6, 6.07) is 2.40. The molecule has 0 aromatic heterocycles. The number of hydrogen-bond acceptors (Lipinski definition) is 3. The monoisotopic (exact) mass is 298 g/mol. The van der Waals surface area contributed by atoms with E-state index in [1.165, 1.54) is 19.2 Å². The van der Waals surface area contributed by atoms with E-state index in [4.69, 9.17) is 4.74 Å². The van der Waals surface area contributed by atoms with Crippen molar-refractivity contribution < 1.29 is 13.5 Å². The van der Waals surface area contributed by atoms with Crippen molar-refractivity contribution in [1.29, 1.82) is 0 Å². The topological polar surface area (TPSA) is 24.5 Å². The van der Waals surface area contributed by atoms with E-state index in [0.717, 1.165) is 32.6 Å². The van der Waals surface area contributed by atoms with Crippen LogP contribution < -0.4 is 10.1 Å². The van der Waals surface area contributed by atoms with Crippen LogP contribution in [-0.2, 0) is 0 Å². The summed E-state index contributed by atoms with van der Waals surface area (Å²) >= 11 is 0. The van der Waals surface area contributed by atoms with E-state index in [0.29, 0.717) is 5.92 Å². The van der Waals surface area contributed by atoms with Gasteiger partial charge in [0.15, 0.2) is 11.6 Å². The standard InChI is InChI=1S/C16H24F2N2O/c1-11(2)10-13(20-8-6-19-7-9-20)15-12(17)4-5-14(21-3)16(15)18/h4-5,11,13,19H,6-10H2,1-3H3/t13-/m0/s1. The van der Waals surface area contributed by atoms with Gasteiger partial charge in [0, 0.05) is 37.8 Å². The predicted molar refractivity (Wildman–Crippen MR) is 79.5 cm³/mol. The molecular formula is C16H24F2N2O. The van der Waals surface area contributed by atoms with Crippen molar-refractivity contribution in [3.05, 3.63) is 29.3 Å². The molecule has 0 amide bonds. The second-order valence-corrected chi connectivity index (χ2v) is 5.91. The predicted octanol–water partition coefficient (Wildman–Crippen LogP) is 2.97. The van der Waals surface area contributed by atoms with Gasteiger partial charge >= 0.3 is 0 Å². The summed E-state index contributed by atoms with van der Waals surface area (Å²) in [4.78, 5) is 2.16. The SMILES string of the molecule is COc1ccc(F)c([C@H](CC(C)C)N2CCNCC2)c1F. The summed E-state index contributed by atoms with van der Waals surface area (Å²) in [5.41, 5.74) is 0.143. The van der Waals surface area contributed by atoms with Gasteiger partial charge in [-0.1, -0.05) is 13.8 Å². The molecule has 0 aliphatic carbocycles. The van der Waals surface area contributed by atoms with Gasteiger partial charge in [0.1, 0.15) is 5.82 Å².